The molecule has 114 valence electrons. The lowest BCUT2D eigenvalue weighted by atomic mass is 10.1. The molecular weight excluding hydrogens is 388 g/mol. The van der Waals surface area contributed by atoms with Crippen LogP contribution in [0.1, 0.15) is 30.9 Å². The minimum Gasteiger partial charge on any atom is -0.353 e. The molecule has 1 heterocycles. The first kappa shape index (κ1) is 16.5. The number of halogens is 2. The number of benzene rings is 1. The molecule has 3 atom stereocenters. The lowest BCUT2D eigenvalue weighted by molar-refractivity contribution is -0.161. The predicted molar refractivity (Wildman–Crippen MR) is 85.6 cm³/mol. The van der Waals surface area contributed by atoms with E-state index in [1.807, 2.05) is 0 Å². The van der Waals surface area contributed by atoms with E-state index < -0.39 is 0 Å². The maximum Gasteiger partial charge on any atom is 0.157 e. The Morgan fingerprint density at radius 2 is 2.19 bits per heavy atom. The molecule has 0 aliphatic carbocycles. The fourth-order valence-electron chi connectivity index (χ4n) is 2.20. The minimum atomic E-state index is -0.389. The van der Waals surface area contributed by atoms with Gasteiger partial charge >= 0.3 is 0 Å². The average molecular weight is 405 g/mol. The van der Waals surface area contributed by atoms with Gasteiger partial charge in [-0.15, -0.1) is 0 Å². The van der Waals surface area contributed by atoms with Gasteiger partial charge in [0.2, 0.25) is 0 Å². The van der Waals surface area contributed by atoms with Crippen molar-refractivity contribution in [3.63, 3.8) is 0 Å². The van der Waals surface area contributed by atoms with Crippen LogP contribution in [-0.2, 0) is 9.47 Å². The average Bonchev–Trinajstić information content (AvgIpc) is 2.52. The zero-order valence-electron chi connectivity index (χ0n) is 11.5. The smallest absolute Gasteiger partial charge is 0.157 e. The van der Waals surface area contributed by atoms with E-state index in [0.29, 0.717) is 6.61 Å². The predicted octanol–water partition coefficient (Wildman–Crippen LogP) is 4.52. The van der Waals surface area contributed by atoms with Gasteiger partial charge in [0.25, 0.3) is 0 Å². The van der Waals surface area contributed by atoms with E-state index in [2.05, 4.69) is 32.6 Å². The largest absolute Gasteiger partial charge is 0.353 e. The van der Waals surface area contributed by atoms with Crippen LogP contribution >= 0.6 is 22.6 Å². The summed E-state index contributed by atoms with van der Waals surface area (Å²) in [6.07, 6.45) is 2.90. The molecule has 0 saturated carbocycles. The number of rotatable bonds is 6. The van der Waals surface area contributed by atoms with Gasteiger partial charge in [0.05, 0.1) is 12.6 Å². The Morgan fingerprint density at radius 1 is 1.43 bits per heavy atom. The Hall–Kier alpha value is -0.890. The highest BCUT2D eigenvalue weighted by atomic mass is 127. The molecule has 1 fully saturated rings. The van der Waals surface area contributed by atoms with E-state index in [1.165, 1.54) is 12.1 Å². The van der Waals surface area contributed by atoms with E-state index in [-0.39, 0.29) is 22.1 Å². The third-order valence-electron chi connectivity index (χ3n) is 3.31. The third kappa shape index (κ3) is 5.10. The van der Waals surface area contributed by atoms with Crippen LogP contribution in [0.3, 0.4) is 0 Å². The van der Waals surface area contributed by atoms with Crippen LogP contribution in [0.15, 0.2) is 29.4 Å². The molecule has 0 N–H and O–H groups in total. The first-order valence-corrected chi connectivity index (χ1v) is 8.12. The van der Waals surface area contributed by atoms with E-state index in [1.54, 1.807) is 12.1 Å². The Balaban J connectivity index is 1.96. The number of hydrogen-bond donors (Lipinski definition) is 0. The van der Waals surface area contributed by atoms with Crippen molar-refractivity contribution in [2.75, 3.05) is 13.2 Å². The summed E-state index contributed by atoms with van der Waals surface area (Å²) in [7, 11) is 0. The van der Waals surface area contributed by atoms with Crippen molar-refractivity contribution >= 4 is 22.6 Å². The Bertz CT molecular complexity index is 487. The number of nitrogens with zero attached hydrogens (tertiary/aromatic N) is 3. The summed E-state index contributed by atoms with van der Waals surface area (Å²) in [6.45, 7) is 1.15. The standard InChI is InChI=1S/C14H17FIN3O2/c15-11-6-4-10(5-7-11)14(18-19-17)12(16)9-21-13-3-1-2-8-20-13/h4-7,12-14H,1-3,8-9H2. The summed E-state index contributed by atoms with van der Waals surface area (Å²) in [5.41, 5.74) is 9.51. The number of ether oxygens (including phenoxy) is 2. The maximum absolute atomic E-state index is 13.0. The Morgan fingerprint density at radius 3 is 2.81 bits per heavy atom. The van der Waals surface area contributed by atoms with E-state index in [0.717, 1.165) is 31.4 Å². The second-order valence-electron chi connectivity index (χ2n) is 4.85. The highest BCUT2D eigenvalue weighted by Crippen LogP contribution is 2.28. The van der Waals surface area contributed by atoms with Crippen molar-refractivity contribution in [2.45, 2.75) is 35.5 Å². The van der Waals surface area contributed by atoms with Crippen LogP contribution in [0, 0.1) is 5.82 Å². The van der Waals surface area contributed by atoms with E-state index in [9.17, 15) is 4.39 Å². The van der Waals surface area contributed by atoms with Crippen molar-refractivity contribution in [3.05, 3.63) is 46.1 Å². The second kappa shape index (κ2) is 8.53. The topological polar surface area (TPSA) is 67.2 Å². The molecule has 21 heavy (non-hydrogen) atoms. The molecule has 1 aliphatic heterocycles. The number of hydrogen-bond acceptors (Lipinski definition) is 3. The van der Waals surface area contributed by atoms with Crippen LogP contribution in [-0.4, -0.2) is 23.4 Å². The Labute approximate surface area is 136 Å². The third-order valence-corrected chi connectivity index (χ3v) is 4.35. The van der Waals surface area contributed by atoms with Crippen LogP contribution in [0.25, 0.3) is 10.4 Å². The van der Waals surface area contributed by atoms with Gasteiger partial charge in [-0.2, -0.15) is 0 Å². The number of alkyl halides is 1. The maximum atomic E-state index is 13.0. The van der Waals surface area contributed by atoms with Crippen molar-refractivity contribution in [2.24, 2.45) is 5.11 Å². The molecule has 2 rings (SSSR count). The Kier molecular flexibility index (Phi) is 6.69. The molecule has 1 saturated heterocycles. The molecule has 1 aliphatic rings. The van der Waals surface area contributed by atoms with Crippen LogP contribution in [0.4, 0.5) is 4.39 Å². The summed E-state index contributed by atoms with van der Waals surface area (Å²) in [6, 6.07) is 5.61. The first-order valence-electron chi connectivity index (χ1n) is 6.87. The van der Waals surface area contributed by atoms with E-state index in [4.69, 9.17) is 15.0 Å². The normalized spacial score (nSPS) is 21.3. The van der Waals surface area contributed by atoms with Crippen molar-refractivity contribution in [1.29, 1.82) is 0 Å². The summed E-state index contributed by atoms with van der Waals surface area (Å²) in [5, 5.41) is 3.82. The van der Waals surface area contributed by atoms with Gasteiger partial charge in [-0.1, -0.05) is 39.8 Å². The first-order chi connectivity index (χ1) is 10.2. The van der Waals surface area contributed by atoms with Gasteiger partial charge in [0.15, 0.2) is 6.29 Å². The summed E-state index contributed by atoms with van der Waals surface area (Å²) < 4.78 is 24.2. The summed E-state index contributed by atoms with van der Waals surface area (Å²) in [5.74, 6) is -0.310. The molecule has 0 radical (unpaired) electrons. The fraction of sp³-hybridized carbons (Fsp3) is 0.571. The molecule has 0 bridgehead atoms. The molecule has 1 aromatic carbocycles. The second-order valence-corrected chi connectivity index (χ2v) is 6.45. The van der Waals surface area contributed by atoms with E-state index >= 15 is 0 Å². The van der Waals surface area contributed by atoms with Gasteiger partial charge in [-0.25, -0.2) is 4.39 Å². The zero-order chi connectivity index (χ0) is 15.1. The molecule has 1 aromatic rings. The van der Waals surface area contributed by atoms with Gasteiger partial charge in [0.1, 0.15) is 5.82 Å². The minimum absolute atomic E-state index is 0.0468. The summed E-state index contributed by atoms with van der Waals surface area (Å²) >= 11 is 2.20. The van der Waals surface area contributed by atoms with Crippen molar-refractivity contribution in [1.82, 2.24) is 0 Å². The zero-order valence-corrected chi connectivity index (χ0v) is 13.6. The molecular formula is C14H17FIN3O2. The fourth-order valence-corrected chi connectivity index (χ4v) is 2.96. The molecule has 0 aromatic heterocycles. The lowest BCUT2D eigenvalue weighted by Gasteiger charge is -2.25. The van der Waals surface area contributed by atoms with Crippen LogP contribution in [0.2, 0.25) is 0 Å². The SMILES string of the molecule is [N-]=[N+]=NC(c1ccc(F)cc1)C(I)COC1CCCCO1. The van der Waals surface area contributed by atoms with Crippen LogP contribution in [0.5, 0.6) is 0 Å². The quantitative estimate of drug-likeness (QED) is 0.230. The molecule has 0 amide bonds. The van der Waals surface area contributed by atoms with Crippen molar-refractivity contribution < 1.29 is 13.9 Å². The molecule has 0 spiro atoms. The van der Waals surface area contributed by atoms with Crippen molar-refractivity contribution in [3.8, 4) is 0 Å². The highest BCUT2D eigenvalue weighted by molar-refractivity contribution is 14.1. The highest BCUT2D eigenvalue weighted by Gasteiger charge is 2.22. The van der Waals surface area contributed by atoms with Gasteiger partial charge in [-0.05, 0) is 42.5 Å². The monoisotopic (exact) mass is 405 g/mol. The van der Waals surface area contributed by atoms with Gasteiger partial charge < -0.3 is 9.47 Å². The van der Waals surface area contributed by atoms with Crippen LogP contribution < -0.4 is 0 Å². The summed E-state index contributed by atoms with van der Waals surface area (Å²) in [4.78, 5) is 2.89. The van der Waals surface area contributed by atoms with Gasteiger partial charge in [0, 0.05) is 15.4 Å². The molecule has 5 nitrogen and oxygen atoms in total. The van der Waals surface area contributed by atoms with Gasteiger partial charge in [-0.3, -0.25) is 0 Å². The lowest BCUT2D eigenvalue weighted by Crippen LogP contribution is -2.27. The number of azide groups is 1. The molecule has 3 unspecified atom stereocenters. The molecule has 7 heteroatoms.